The molecule has 6 nitrogen and oxygen atoms in total. The van der Waals surface area contributed by atoms with E-state index in [1.165, 1.54) is 23.2 Å². The van der Waals surface area contributed by atoms with Gasteiger partial charge in [-0.25, -0.2) is 0 Å². The summed E-state index contributed by atoms with van der Waals surface area (Å²) in [5.74, 6) is -0.590. The van der Waals surface area contributed by atoms with E-state index in [1.807, 2.05) is 6.92 Å². The number of alkyl halides is 3. The number of amides is 2. The lowest BCUT2D eigenvalue weighted by Crippen LogP contribution is -2.50. The number of hydrogen-bond donors (Lipinski definition) is 0. The third kappa shape index (κ3) is 3.96. The first kappa shape index (κ1) is 18.9. The van der Waals surface area contributed by atoms with Crippen molar-refractivity contribution in [3.05, 3.63) is 52.9 Å². The van der Waals surface area contributed by atoms with Crippen LogP contribution < -0.4 is 0 Å². The lowest BCUT2D eigenvalue weighted by atomic mass is 10.1. The Balaban J connectivity index is 1.65. The van der Waals surface area contributed by atoms with Crippen LogP contribution in [0.3, 0.4) is 0 Å². The van der Waals surface area contributed by atoms with Gasteiger partial charge < -0.3 is 14.3 Å². The van der Waals surface area contributed by atoms with E-state index >= 15 is 0 Å². The van der Waals surface area contributed by atoms with Gasteiger partial charge in [-0.2, -0.15) is 13.2 Å². The molecule has 1 aliphatic rings. The van der Waals surface area contributed by atoms with Crippen molar-refractivity contribution in [1.29, 1.82) is 0 Å². The molecule has 27 heavy (non-hydrogen) atoms. The van der Waals surface area contributed by atoms with Crippen molar-refractivity contribution in [2.24, 2.45) is 0 Å². The fraction of sp³-hybridized carbons (Fsp3) is 0.389. The van der Waals surface area contributed by atoms with Crippen molar-refractivity contribution in [1.82, 2.24) is 15.0 Å². The van der Waals surface area contributed by atoms with Gasteiger partial charge >= 0.3 is 6.18 Å². The number of halogens is 3. The largest absolute Gasteiger partial charge is 0.416 e. The minimum atomic E-state index is -4.50. The molecule has 1 saturated heterocycles. The second-order valence-electron chi connectivity index (χ2n) is 6.20. The van der Waals surface area contributed by atoms with Gasteiger partial charge in [-0.1, -0.05) is 18.1 Å². The quantitative estimate of drug-likeness (QED) is 0.820. The van der Waals surface area contributed by atoms with Crippen LogP contribution in [-0.2, 0) is 12.6 Å². The second-order valence-corrected chi connectivity index (χ2v) is 6.20. The monoisotopic (exact) mass is 381 g/mol. The fourth-order valence-electron chi connectivity index (χ4n) is 2.96. The molecule has 2 aromatic rings. The molecule has 144 valence electrons. The van der Waals surface area contributed by atoms with Crippen LogP contribution in [0.5, 0.6) is 0 Å². The zero-order valence-electron chi connectivity index (χ0n) is 14.6. The van der Waals surface area contributed by atoms with Crippen molar-refractivity contribution in [3.63, 3.8) is 0 Å². The van der Waals surface area contributed by atoms with Gasteiger partial charge in [0.2, 0.25) is 5.76 Å². The van der Waals surface area contributed by atoms with Crippen LogP contribution in [0.15, 0.2) is 35.0 Å². The van der Waals surface area contributed by atoms with Crippen LogP contribution in [-0.4, -0.2) is 52.9 Å². The Morgan fingerprint density at radius 3 is 2.33 bits per heavy atom. The molecule has 2 heterocycles. The van der Waals surface area contributed by atoms with Gasteiger partial charge in [-0.15, -0.1) is 0 Å². The number of benzene rings is 1. The maximum Gasteiger partial charge on any atom is 0.416 e. The molecule has 2 amide bonds. The average molecular weight is 381 g/mol. The van der Waals surface area contributed by atoms with E-state index in [2.05, 4.69) is 5.16 Å². The van der Waals surface area contributed by atoms with Crippen LogP contribution in [0.1, 0.15) is 39.0 Å². The highest BCUT2D eigenvalue weighted by molar-refractivity contribution is 5.95. The molecular formula is C18H18F3N3O3. The summed E-state index contributed by atoms with van der Waals surface area (Å²) in [4.78, 5) is 28.0. The lowest BCUT2D eigenvalue weighted by molar-refractivity contribution is -0.137. The van der Waals surface area contributed by atoms with E-state index in [4.69, 9.17) is 4.52 Å². The van der Waals surface area contributed by atoms with Gasteiger partial charge in [0.15, 0.2) is 0 Å². The number of hydrogen-bond acceptors (Lipinski definition) is 4. The van der Waals surface area contributed by atoms with Crippen LogP contribution in [0.25, 0.3) is 0 Å². The van der Waals surface area contributed by atoms with Crippen LogP contribution in [0.4, 0.5) is 13.2 Å². The zero-order chi connectivity index (χ0) is 19.6. The standard InChI is InChI=1S/C18H18F3N3O3/c1-2-12-11-22-27-15(12)17(26)24-8-6-23(7-9-24)16(25)13-4-3-5-14(10-13)18(19,20)21/h3-5,10-11H,2,6-9H2,1H3. The summed E-state index contributed by atoms with van der Waals surface area (Å²) in [5, 5.41) is 3.64. The molecule has 0 aliphatic carbocycles. The predicted molar refractivity (Wildman–Crippen MR) is 89.1 cm³/mol. The maximum absolute atomic E-state index is 12.8. The molecule has 0 radical (unpaired) electrons. The minimum absolute atomic E-state index is 0.0203. The molecule has 0 spiro atoms. The maximum atomic E-state index is 12.8. The molecule has 0 N–H and O–H groups in total. The summed E-state index contributed by atoms with van der Waals surface area (Å²) in [6, 6.07) is 4.35. The molecule has 1 fully saturated rings. The molecule has 1 aliphatic heterocycles. The highest BCUT2D eigenvalue weighted by atomic mass is 19.4. The van der Waals surface area contributed by atoms with E-state index in [-0.39, 0.29) is 43.4 Å². The topological polar surface area (TPSA) is 66.7 Å². The molecule has 0 saturated carbocycles. The Bertz CT molecular complexity index is 840. The highest BCUT2D eigenvalue weighted by Gasteiger charge is 2.32. The summed E-state index contributed by atoms with van der Waals surface area (Å²) >= 11 is 0. The first-order valence-corrected chi connectivity index (χ1v) is 8.50. The highest BCUT2D eigenvalue weighted by Crippen LogP contribution is 2.29. The van der Waals surface area contributed by atoms with Crippen molar-refractivity contribution in [2.45, 2.75) is 19.5 Å². The van der Waals surface area contributed by atoms with Gasteiger partial charge in [0, 0.05) is 37.3 Å². The smallest absolute Gasteiger partial charge is 0.351 e. The molecule has 1 aromatic carbocycles. The van der Waals surface area contributed by atoms with Gasteiger partial charge in [0.05, 0.1) is 11.8 Å². The number of aromatic nitrogens is 1. The molecule has 9 heteroatoms. The molecule has 3 rings (SSSR count). The third-order valence-corrected chi connectivity index (χ3v) is 4.51. The molecule has 1 aromatic heterocycles. The predicted octanol–water partition coefficient (Wildman–Crippen LogP) is 2.85. The molecule has 0 bridgehead atoms. The van der Waals surface area contributed by atoms with Crippen molar-refractivity contribution >= 4 is 11.8 Å². The third-order valence-electron chi connectivity index (χ3n) is 4.51. The molecule has 0 unspecified atom stereocenters. The number of carbonyl (C=O) groups excluding carboxylic acids is 2. The van der Waals surface area contributed by atoms with Gasteiger partial charge in [0.1, 0.15) is 0 Å². The van der Waals surface area contributed by atoms with E-state index in [0.717, 1.165) is 12.1 Å². The first-order valence-electron chi connectivity index (χ1n) is 8.50. The van der Waals surface area contributed by atoms with Crippen molar-refractivity contribution in [3.8, 4) is 0 Å². The fourth-order valence-corrected chi connectivity index (χ4v) is 2.96. The normalized spacial score (nSPS) is 15.1. The van der Waals surface area contributed by atoms with Crippen molar-refractivity contribution in [2.75, 3.05) is 26.2 Å². The van der Waals surface area contributed by atoms with Crippen LogP contribution in [0, 0.1) is 0 Å². The second kappa shape index (κ2) is 7.42. The Morgan fingerprint density at radius 1 is 1.11 bits per heavy atom. The van der Waals surface area contributed by atoms with E-state index in [0.29, 0.717) is 12.0 Å². The number of aryl methyl sites for hydroxylation is 1. The average Bonchev–Trinajstić information content (AvgIpc) is 3.15. The van der Waals surface area contributed by atoms with Gasteiger partial charge in [0.25, 0.3) is 11.8 Å². The molecule has 0 atom stereocenters. The lowest BCUT2D eigenvalue weighted by Gasteiger charge is -2.34. The summed E-state index contributed by atoms with van der Waals surface area (Å²) in [7, 11) is 0. The summed E-state index contributed by atoms with van der Waals surface area (Å²) in [5.41, 5.74) is -0.171. The van der Waals surface area contributed by atoms with E-state index in [1.54, 1.807) is 4.90 Å². The number of piperazine rings is 1. The Kier molecular flexibility index (Phi) is 5.20. The van der Waals surface area contributed by atoms with E-state index < -0.39 is 17.6 Å². The number of carbonyl (C=O) groups is 2. The summed E-state index contributed by atoms with van der Waals surface area (Å²) < 4.78 is 43.5. The van der Waals surface area contributed by atoms with Gasteiger partial charge in [-0.3, -0.25) is 9.59 Å². The van der Waals surface area contributed by atoms with Crippen LogP contribution >= 0.6 is 0 Å². The molecular weight excluding hydrogens is 363 g/mol. The Hall–Kier alpha value is -2.84. The Morgan fingerprint density at radius 2 is 1.74 bits per heavy atom. The van der Waals surface area contributed by atoms with Gasteiger partial charge in [-0.05, 0) is 24.6 Å². The van der Waals surface area contributed by atoms with Crippen molar-refractivity contribution < 1.29 is 27.3 Å². The summed E-state index contributed by atoms with van der Waals surface area (Å²) in [6.45, 7) is 2.89. The Labute approximate surface area is 153 Å². The minimum Gasteiger partial charge on any atom is -0.351 e. The SMILES string of the molecule is CCc1cnoc1C(=O)N1CCN(C(=O)c2cccc(C(F)(F)F)c2)CC1. The number of rotatable bonds is 3. The summed E-state index contributed by atoms with van der Waals surface area (Å²) in [6.07, 6.45) is -2.39. The zero-order valence-corrected chi connectivity index (χ0v) is 14.6. The first-order chi connectivity index (χ1) is 12.8. The van der Waals surface area contributed by atoms with E-state index in [9.17, 15) is 22.8 Å². The number of nitrogens with zero attached hydrogens (tertiary/aromatic N) is 3. The van der Waals surface area contributed by atoms with Crippen LogP contribution in [0.2, 0.25) is 0 Å².